The van der Waals surface area contributed by atoms with Gasteiger partial charge in [-0.2, -0.15) is 0 Å². The Morgan fingerprint density at radius 2 is 1.92 bits per heavy atom. The number of nitrogens with one attached hydrogen (secondary N) is 1. The Bertz CT molecular complexity index is 1400. The van der Waals surface area contributed by atoms with Crippen LogP contribution >= 0.6 is 0 Å². The zero-order valence-corrected chi connectivity index (χ0v) is 22.2. The Hall–Kier alpha value is -3.78. The van der Waals surface area contributed by atoms with Gasteiger partial charge in [0.1, 0.15) is 24.6 Å². The van der Waals surface area contributed by atoms with E-state index in [1.54, 1.807) is 6.92 Å². The summed E-state index contributed by atoms with van der Waals surface area (Å²) < 4.78 is 2.12. The van der Waals surface area contributed by atoms with Crippen molar-refractivity contribution in [1.82, 2.24) is 19.4 Å². The summed E-state index contributed by atoms with van der Waals surface area (Å²) in [6.45, 7) is 9.96. The van der Waals surface area contributed by atoms with Crippen molar-refractivity contribution >= 4 is 40.8 Å². The minimum absolute atomic E-state index is 0.177. The van der Waals surface area contributed by atoms with Crippen LogP contribution in [-0.4, -0.2) is 51.3 Å². The Balaban J connectivity index is 0.00000144. The number of nitrogens with zero attached hydrogens (tertiary/aromatic N) is 4. The summed E-state index contributed by atoms with van der Waals surface area (Å²) >= 11 is 0. The molecule has 7 rings (SSSR count). The first kappa shape index (κ1) is 25.9. The number of nitrogens with two attached hydrogens (primary N) is 1. The van der Waals surface area contributed by atoms with Gasteiger partial charge in [0.05, 0.1) is 11.1 Å². The molecular weight excluding hydrogens is 476 g/mol. The summed E-state index contributed by atoms with van der Waals surface area (Å²) in [6, 6.07) is 8.80. The highest BCUT2D eigenvalue weighted by atomic mass is 16.1. The van der Waals surface area contributed by atoms with Gasteiger partial charge in [-0.1, -0.05) is 24.8 Å². The number of carbonyl (C=O) groups is 2. The lowest BCUT2D eigenvalue weighted by molar-refractivity contribution is -0.112. The zero-order chi connectivity index (χ0) is 27.0. The number of allylic oxidation sites excluding steroid dienone is 2. The number of anilines is 2. The van der Waals surface area contributed by atoms with E-state index >= 15 is 0 Å². The van der Waals surface area contributed by atoms with Crippen molar-refractivity contribution < 1.29 is 9.59 Å². The van der Waals surface area contributed by atoms with Crippen molar-refractivity contribution in [3.05, 3.63) is 54.4 Å². The van der Waals surface area contributed by atoms with E-state index in [1.807, 2.05) is 38.1 Å². The molecule has 198 valence electrons. The Morgan fingerprint density at radius 3 is 2.53 bits per heavy atom. The maximum Gasteiger partial charge on any atom is 0.250 e. The Kier molecular flexibility index (Phi) is 7.17. The Labute approximate surface area is 223 Å². The van der Waals surface area contributed by atoms with E-state index in [0.717, 1.165) is 64.3 Å². The van der Waals surface area contributed by atoms with Crippen LogP contribution in [0.4, 0.5) is 11.5 Å². The normalized spacial score (nSPS) is 22.3. The summed E-state index contributed by atoms with van der Waals surface area (Å²) in [5.41, 5.74) is 13.1. The van der Waals surface area contributed by atoms with Crippen LogP contribution in [0, 0.1) is 11.8 Å². The second-order valence-corrected chi connectivity index (χ2v) is 10.9. The molecule has 3 aromatic rings. The van der Waals surface area contributed by atoms with E-state index in [0.29, 0.717) is 11.4 Å². The van der Waals surface area contributed by atoms with Crippen molar-refractivity contribution in [2.24, 2.45) is 18.9 Å². The Morgan fingerprint density at radius 1 is 1.18 bits per heavy atom. The molecule has 8 nitrogen and oxygen atoms in total. The molecule has 2 aliphatic heterocycles. The van der Waals surface area contributed by atoms with Crippen molar-refractivity contribution in [2.45, 2.75) is 45.1 Å². The van der Waals surface area contributed by atoms with Crippen LogP contribution < -0.4 is 11.1 Å². The van der Waals surface area contributed by atoms with Crippen LogP contribution in [0.3, 0.4) is 0 Å². The fourth-order valence-corrected chi connectivity index (χ4v) is 6.34. The van der Waals surface area contributed by atoms with Crippen LogP contribution in [0.25, 0.3) is 27.9 Å². The number of rotatable bonds is 6. The van der Waals surface area contributed by atoms with Gasteiger partial charge in [-0.25, -0.2) is 9.97 Å². The van der Waals surface area contributed by atoms with Crippen molar-refractivity contribution in [1.29, 1.82) is 0 Å². The molecule has 1 atom stereocenters. The van der Waals surface area contributed by atoms with E-state index < -0.39 is 0 Å². The molecule has 1 saturated carbocycles. The van der Waals surface area contributed by atoms with Gasteiger partial charge in [0.25, 0.3) is 5.91 Å². The van der Waals surface area contributed by atoms with Gasteiger partial charge in [0.15, 0.2) is 0 Å². The molecule has 0 radical (unpaired) electrons. The summed E-state index contributed by atoms with van der Waals surface area (Å²) in [5.74, 6) is 2.02. The highest BCUT2D eigenvalue weighted by Crippen LogP contribution is 2.45. The predicted octanol–water partition coefficient (Wildman–Crippen LogP) is 4.82. The maximum absolute atomic E-state index is 12.0. The van der Waals surface area contributed by atoms with Gasteiger partial charge < -0.3 is 20.4 Å². The van der Waals surface area contributed by atoms with Crippen LogP contribution in [0.15, 0.2) is 48.8 Å². The van der Waals surface area contributed by atoms with Gasteiger partial charge in [0.2, 0.25) is 0 Å². The monoisotopic (exact) mass is 512 g/mol. The number of fused-ring (bicyclic) bond motifs is 2. The van der Waals surface area contributed by atoms with Crippen molar-refractivity contribution in [3.8, 4) is 11.3 Å². The first-order valence-electron chi connectivity index (χ1n) is 13.3. The summed E-state index contributed by atoms with van der Waals surface area (Å²) in [5, 5.41) is 3.82. The third kappa shape index (κ3) is 4.65. The number of hydrogen-bond acceptors (Lipinski definition) is 6. The molecule has 3 N–H and O–H groups in total. The number of benzene rings is 1. The molecule has 1 aromatic carbocycles. The van der Waals surface area contributed by atoms with Gasteiger partial charge in [0, 0.05) is 43.0 Å². The third-order valence-electron chi connectivity index (χ3n) is 8.35. The topological polar surface area (TPSA) is 106 Å². The molecule has 8 heteroatoms. The lowest BCUT2D eigenvalue weighted by Crippen LogP contribution is -2.33. The summed E-state index contributed by atoms with van der Waals surface area (Å²) in [4.78, 5) is 31.7. The number of aromatic nitrogens is 3. The maximum atomic E-state index is 12.0. The van der Waals surface area contributed by atoms with Crippen LogP contribution in [-0.2, 0) is 16.6 Å². The molecule has 3 fully saturated rings. The predicted molar refractivity (Wildman–Crippen MR) is 152 cm³/mol. The average molecular weight is 513 g/mol. The largest absolute Gasteiger partial charge is 0.383 e. The van der Waals surface area contributed by atoms with Gasteiger partial charge in [-0.15, -0.1) is 0 Å². The van der Waals surface area contributed by atoms with Crippen molar-refractivity contribution in [3.63, 3.8) is 0 Å². The third-order valence-corrected chi connectivity index (χ3v) is 8.35. The highest BCUT2D eigenvalue weighted by Gasteiger charge is 2.43. The first-order chi connectivity index (χ1) is 18.4. The van der Waals surface area contributed by atoms with E-state index in [-0.39, 0.29) is 5.91 Å². The van der Waals surface area contributed by atoms with Crippen LogP contribution in [0.1, 0.15) is 44.6 Å². The van der Waals surface area contributed by atoms with E-state index in [2.05, 4.69) is 37.4 Å². The molecule has 2 bridgehead atoms. The fraction of sp³-hybridized carbons (Fsp3) is 0.400. The molecule has 4 aliphatic rings. The quantitative estimate of drug-likeness (QED) is 0.459. The molecule has 2 aliphatic carbocycles. The molecule has 0 spiro atoms. The molecule has 38 heavy (non-hydrogen) atoms. The first-order valence-corrected chi connectivity index (χ1v) is 13.3. The lowest BCUT2D eigenvalue weighted by atomic mass is 9.84. The van der Waals surface area contributed by atoms with Gasteiger partial charge in [-0.05, 0) is 74.1 Å². The second kappa shape index (κ2) is 10.5. The van der Waals surface area contributed by atoms with E-state index in [1.165, 1.54) is 44.3 Å². The molecule has 4 heterocycles. The number of hydrogen-bond donors (Lipinski definition) is 2. The molecule has 2 aromatic heterocycles. The molecular formula is C30H36N6O2. The smallest absolute Gasteiger partial charge is 0.250 e. The number of amides is 1. The number of carbonyl (C=O) groups excluding carboxylic acids is 2. The number of nitrogen functional groups attached to an aromatic ring is 1. The van der Waals surface area contributed by atoms with Crippen LogP contribution in [0.2, 0.25) is 0 Å². The summed E-state index contributed by atoms with van der Waals surface area (Å²) in [6.07, 6.45) is 10.1. The minimum atomic E-state index is -0.177. The van der Waals surface area contributed by atoms with E-state index in [4.69, 9.17) is 10.5 Å². The SMILES string of the molecule is C=C(C)C(=O)Nc1ccc(-c2c(C3=CC[C@@H](CN4CC5CC4C5)CC3)c3c(N)ncnc3n2C)cc1.C=O. The molecule has 0 unspecified atom stereocenters. The molecule has 1 amide bonds. The molecule has 2 saturated heterocycles. The zero-order valence-electron chi connectivity index (χ0n) is 22.2. The standard InChI is InChI=1S/C29H34N6O.CH2O/c1-17(2)29(36)33-22-10-8-21(9-11-22)26-24(25-27(30)31-16-32-28(25)34(26)3)20-6-4-18(5-7-20)14-35-15-19-12-23(35)13-19;1-2/h6,8-11,16,18-19,23H,1,4-5,7,12-15H2,2-3H3,(H,33,36)(H2,30,31,32);1H2/t18-,19?,23?;/m1./s1. The lowest BCUT2D eigenvalue weighted by Gasteiger charge is -2.30. The van der Waals surface area contributed by atoms with Crippen molar-refractivity contribution in [2.75, 3.05) is 24.1 Å². The van der Waals surface area contributed by atoms with Gasteiger partial charge >= 0.3 is 0 Å². The fourth-order valence-electron chi connectivity index (χ4n) is 6.34. The summed E-state index contributed by atoms with van der Waals surface area (Å²) in [7, 11) is 2.04. The second-order valence-electron chi connectivity index (χ2n) is 10.9. The number of aryl methyl sites for hydroxylation is 1. The van der Waals surface area contributed by atoms with Gasteiger partial charge in [-0.3, -0.25) is 9.69 Å². The minimum Gasteiger partial charge on any atom is -0.383 e. The highest BCUT2D eigenvalue weighted by molar-refractivity contribution is 6.05. The van der Waals surface area contributed by atoms with E-state index in [9.17, 15) is 4.79 Å². The average Bonchev–Trinajstić information content (AvgIpc) is 3.58. The van der Waals surface area contributed by atoms with Crippen LogP contribution in [0.5, 0.6) is 0 Å².